The second kappa shape index (κ2) is 8.05. The van der Waals surface area contributed by atoms with E-state index < -0.39 is 5.97 Å². The number of anilines is 2. The van der Waals surface area contributed by atoms with E-state index >= 15 is 0 Å². The van der Waals surface area contributed by atoms with Crippen molar-refractivity contribution in [1.29, 1.82) is 0 Å². The molecule has 0 bridgehead atoms. The standard InChI is InChI=1S/C22H23N3O4/c1-29-22(28)16-7-9-18(10-8-16)25-20(26)15-19(21(25)27)24-13-11-23(12-14-24)17-5-3-2-4-6-17/h2-10,19H,11-15H2,1H3/p+1. The number of piperazine rings is 1. The van der Waals surface area contributed by atoms with Gasteiger partial charge in [0.05, 0.1) is 51.0 Å². The fourth-order valence-corrected chi connectivity index (χ4v) is 4.13. The number of para-hydroxylation sites is 1. The van der Waals surface area contributed by atoms with Gasteiger partial charge in [-0.1, -0.05) is 18.2 Å². The molecule has 150 valence electrons. The van der Waals surface area contributed by atoms with Crippen LogP contribution < -0.4 is 14.7 Å². The van der Waals surface area contributed by atoms with Gasteiger partial charge in [-0.15, -0.1) is 0 Å². The first-order valence-corrected chi connectivity index (χ1v) is 9.78. The molecule has 0 aliphatic carbocycles. The average molecular weight is 394 g/mol. The summed E-state index contributed by atoms with van der Waals surface area (Å²) < 4.78 is 4.69. The molecular weight excluding hydrogens is 370 g/mol. The number of carbonyl (C=O) groups is 3. The van der Waals surface area contributed by atoms with Gasteiger partial charge in [0.2, 0.25) is 5.91 Å². The van der Waals surface area contributed by atoms with Gasteiger partial charge in [-0.3, -0.25) is 9.59 Å². The van der Waals surface area contributed by atoms with Crippen molar-refractivity contribution in [3.05, 3.63) is 60.2 Å². The van der Waals surface area contributed by atoms with Crippen LogP contribution >= 0.6 is 0 Å². The number of hydrogen-bond acceptors (Lipinski definition) is 5. The monoisotopic (exact) mass is 394 g/mol. The number of rotatable bonds is 4. The van der Waals surface area contributed by atoms with Crippen LogP contribution in [0.1, 0.15) is 16.8 Å². The predicted molar refractivity (Wildman–Crippen MR) is 108 cm³/mol. The van der Waals surface area contributed by atoms with Gasteiger partial charge in [0.25, 0.3) is 5.91 Å². The van der Waals surface area contributed by atoms with E-state index in [1.54, 1.807) is 24.3 Å². The van der Waals surface area contributed by atoms with E-state index in [4.69, 9.17) is 0 Å². The first kappa shape index (κ1) is 19.1. The molecule has 7 heteroatoms. The lowest BCUT2D eigenvalue weighted by Gasteiger charge is -2.35. The Balaban J connectivity index is 1.43. The van der Waals surface area contributed by atoms with Gasteiger partial charge in [-0.2, -0.15) is 0 Å². The highest BCUT2D eigenvalue weighted by atomic mass is 16.5. The molecule has 2 aromatic carbocycles. The second-order valence-electron chi connectivity index (χ2n) is 7.34. The minimum Gasteiger partial charge on any atom is -0.465 e. The number of esters is 1. The van der Waals surface area contributed by atoms with Crippen LogP contribution in [0.15, 0.2) is 54.6 Å². The number of quaternary nitrogens is 1. The Morgan fingerprint density at radius 1 is 0.966 bits per heavy atom. The molecule has 1 unspecified atom stereocenters. The normalized spacial score (nSPS) is 20.2. The van der Waals surface area contributed by atoms with Gasteiger partial charge in [0, 0.05) is 5.69 Å². The van der Waals surface area contributed by atoms with Crippen LogP contribution in [0.4, 0.5) is 11.4 Å². The van der Waals surface area contributed by atoms with Gasteiger partial charge in [-0.25, -0.2) is 9.69 Å². The molecule has 0 aromatic heterocycles. The number of ether oxygens (including phenoxy) is 1. The van der Waals surface area contributed by atoms with E-state index in [0.717, 1.165) is 31.1 Å². The molecule has 1 atom stereocenters. The van der Waals surface area contributed by atoms with Gasteiger partial charge in [0.1, 0.15) is 0 Å². The first-order chi connectivity index (χ1) is 14.1. The van der Waals surface area contributed by atoms with E-state index in [2.05, 4.69) is 21.8 Å². The number of nitrogens with zero attached hydrogens (tertiary/aromatic N) is 2. The molecule has 29 heavy (non-hydrogen) atoms. The molecule has 2 aliphatic rings. The number of benzene rings is 2. The third-order valence-corrected chi connectivity index (χ3v) is 5.71. The lowest BCUT2D eigenvalue weighted by Crippen LogP contribution is -3.19. The average Bonchev–Trinajstić information content (AvgIpc) is 3.08. The third kappa shape index (κ3) is 3.73. The fraction of sp³-hybridized carbons (Fsp3) is 0.318. The van der Waals surface area contributed by atoms with Crippen LogP contribution in [-0.4, -0.2) is 57.1 Å². The largest absolute Gasteiger partial charge is 0.465 e. The van der Waals surface area contributed by atoms with Crippen molar-refractivity contribution in [3.63, 3.8) is 0 Å². The van der Waals surface area contributed by atoms with Crippen LogP contribution in [0.25, 0.3) is 0 Å². The Morgan fingerprint density at radius 2 is 1.62 bits per heavy atom. The van der Waals surface area contributed by atoms with Gasteiger partial charge in [-0.05, 0) is 36.4 Å². The highest BCUT2D eigenvalue weighted by molar-refractivity contribution is 6.22. The van der Waals surface area contributed by atoms with Crippen molar-refractivity contribution in [3.8, 4) is 0 Å². The summed E-state index contributed by atoms with van der Waals surface area (Å²) >= 11 is 0. The van der Waals surface area contributed by atoms with Crippen molar-refractivity contribution in [2.45, 2.75) is 12.5 Å². The molecular formula is C22H24N3O4+. The molecule has 4 rings (SSSR count). The zero-order valence-corrected chi connectivity index (χ0v) is 16.3. The number of methoxy groups -OCH3 is 1. The van der Waals surface area contributed by atoms with Gasteiger partial charge < -0.3 is 14.5 Å². The fourth-order valence-electron chi connectivity index (χ4n) is 4.13. The lowest BCUT2D eigenvalue weighted by atomic mass is 10.1. The number of carbonyl (C=O) groups excluding carboxylic acids is 3. The van der Waals surface area contributed by atoms with Crippen LogP contribution in [0.3, 0.4) is 0 Å². The number of amides is 2. The quantitative estimate of drug-likeness (QED) is 0.605. The molecule has 2 fully saturated rings. The second-order valence-corrected chi connectivity index (χ2v) is 7.34. The summed E-state index contributed by atoms with van der Waals surface area (Å²) in [6.07, 6.45) is 0.220. The van der Waals surface area contributed by atoms with Crippen molar-refractivity contribution in [2.75, 3.05) is 43.1 Å². The molecule has 2 aromatic rings. The minimum atomic E-state index is -0.450. The van der Waals surface area contributed by atoms with Crippen LogP contribution in [-0.2, 0) is 14.3 Å². The highest BCUT2D eigenvalue weighted by Crippen LogP contribution is 2.23. The minimum absolute atomic E-state index is 0.163. The smallest absolute Gasteiger partial charge is 0.337 e. The number of nitrogens with one attached hydrogen (secondary N) is 1. The molecule has 1 N–H and O–H groups in total. The number of imide groups is 1. The molecule has 0 saturated carbocycles. The van der Waals surface area contributed by atoms with E-state index in [-0.39, 0.29) is 24.3 Å². The SMILES string of the molecule is COC(=O)c1ccc(N2C(=O)CC([NH+]3CCN(c4ccccc4)CC3)C2=O)cc1. The van der Waals surface area contributed by atoms with E-state index in [1.165, 1.54) is 17.7 Å². The molecule has 7 nitrogen and oxygen atoms in total. The van der Waals surface area contributed by atoms with Crippen LogP contribution in [0.5, 0.6) is 0 Å². The molecule has 0 spiro atoms. The summed E-state index contributed by atoms with van der Waals surface area (Å²) in [7, 11) is 1.31. The van der Waals surface area contributed by atoms with Crippen molar-refractivity contribution < 1.29 is 24.0 Å². The Morgan fingerprint density at radius 3 is 2.24 bits per heavy atom. The predicted octanol–water partition coefficient (Wildman–Crippen LogP) is 0.510. The van der Waals surface area contributed by atoms with Crippen LogP contribution in [0, 0.1) is 0 Å². The summed E-state index contributed by atoms with van der Waals surface area (Å²) in [5, 5.41) is 0. The zero-order chi connectivity index (χ0) is 20.4. The Hall–Kier alpha value is -3.19. The molecule has 2 amide bonds. The Bertz CT molecular complexity index is 905. The lowest BCUT2D eigenvalue weighted by molar-refractivity contribution is -0.915. The molecule has 2 aliphatic heterocycles. The maximum absolute atomic E-state index is 13.0. The van der Waals surface area contributed by atoms with Crippen molar-refractivity contribution in [2.24, 2.45) is 0 Å². The molecule has 2 heterocycles. The summed E-state index contributed by atoms with van der Waals surface area (Å²) in [6, 6.07) is 16.3. The molecule has 0 radical (unpaired) electrons. The highest BCUT2D eigenvalue weighted by Gasteiger charge is 2.46. The topological polar surface area (TPSA) is 71.4 Å². The molecule has 2 saturated heterocycles. The van der Waals surface area contributed by atoms with E-state index in [9.17, 15) is 14.4 Å². The zero-order valence-electron chi connectivity index (χ0n) is 16.3. The summed E-state index contributed by atoms with van der Waals surface area (Å²) in [6.45, 7) is 3.33. The van der Waals surface area contributed by atoms with Gasteiger partial charge in [0.15, 0.2) is 6.04 Å². The summed E-state index contributed by atoms with van der Waals surface area (Å²) in [4.78, 5) is 41.9. The number of hydrogen-bond donors (Lipinski definition) is 1. The summed E-state index contributed by atoms with van der Waals surface area (Å²) in [5.74, 6) is -0.804. The van der Waals surface area contributed by atoms with Crippen LogP contribution in [0.2, 0.25) is 0 Å². The Labute approximate surface area is 169 Å². The summed E-state index contributed by atoms with van der Waals surface area (Å²) in [5.41, 5.74) is 2.07. The van der Waals surface area contributed by atoms with Crippen molar-refractivity contribution in [1.82, 2.24) is 0 Å². The third-order valence-electron chi connectivity index (χ3n) is 5.71. The maximum atomic E-state index is 13.0. The first-order valence-electron chi connectivity index (χ1n) is 9.78. The van der Waals surface area contributed by atoms with Gasteiger partial charge >= 0.3 is 5.97 Å². The maximum Gasteiger partial charge on any atom is 0.337 e. The van der Waals surface area contributed by atoms with E-state index in [0.29, 0.717) is 11.3 Å². The van der Waals surface area contributed by atoms with Crippen molar-refractivity contribution >= 4 is 29.2 Å². The Kier molecular flexibility index (Phi) is 5.31. The van der Waals surface area contributed by atoms with E-state index in [1.807, 2.05) is 18.2 Å².